The molecule has 0 spiro atoms. The summed E-state index contributed by atoms with van der Waals surface area (Å²) in [5.74, 6) is -5.97. The molecule has 1 aliphatic carbocycles. The van der Waals surface area contributed by atoms with Crippen molar-refractivity contribution in [3.05, 3.63) is 64.7 Å². The van der Waals surface area contributed by atoms with E-state index in [0.29, 0.717) is 44.5 Å². The lowest BCUT2D eigenvalue weighted by molar-refractivity contribution is -0.140. The molecule has 1 saturated carbocycles. The number of fused-ring (bicyclic) bond motifs is 1. The zero-order valence-corrected chi connectivity index (χ0v) is 48.7. The van der Waals surface area contributed by atoms with E-state index in [1.165, 1.54) is 47.6 Å². The standard InChI is InChI=1S/C58H79F3N10O8S/c1-35-49(80-34-64-35)36-15-16-37(30-62-52(75)44-26-40(72)32-70(44)48(73)29-55(2,3)4)46(25-36)79-57(7,8)20-24-78-56(5,6)19-23-69-21-17-38(18-22-69)65-51(74)41-27-47(77-10)43(28-42(41)59)66-54-63-31-45-50(67-54)71(39-13-11-12-14-39)33-58(60,61)53(76)68(45)9/h15-16,25,27-28,31,34,38-40,44,72H,11-14,17-24,26,29-30,32-33H2,1-10H3,(H,62,75)(H,65,74)(H,63,66,67)/t40-,44+/m1/s1. The quantitative estimate of drug-likeness (QED) is 0.0654. The van der Waals surface area contributed by atoms with Gasteiger partial charge in [0.15, 0.2) is 5.82 Å². The third-order valence-corrected chi connectivity index (χ3v) is 16.5. The maximum absolute atomic E-state index is 15.8. The highest BCUT2D eigenvalue weighted by atomic mass is 32.1. The van der Waals surface area contributed by atoms with E-state index in [9.17, 15) is 24.3 Å². The highest BCUT2D eigenvalue weighted by molar-refractivity contribution is 7.13. The number of piperidine rings is 1. The number of benzene rings is 2. The summed E-state index contributed by atoms with van der Waals surface area (Å²) < 4.78 is 65.0. The van der Waals surface area contributed by atoms with Crippen molar-refractivity contribution in [1.82, 2.24) is 35.4 Å². The lowest BCUT2D eigenvalue weighted by Gasteiger charge is -2.35. The lowest BCUT2D eigenvalue weighted by atomic mass is 9.91. The monoisotopic (exact) mass is 1130 g/mol. The van der Waals surface area contributed by atoms with Gasteiger partial charge in [-0.15, -0.1) is 11.3 Å². The molecule has 0 radical (unpaired) electrons. The van der Waals surface area contributed by atoms with Crippen molar-refractivity contribution in [2.45, 2.75) is 167 Å². The van der Waals surface area contributed by atoms with Crippen molar-refractivity contribution in [3.8, 4) is 21.9 Å². The predicted molar refractivity (Wildman–Crippen MR) is 301 cm³/mol. The Hall–Kier alpha value is -6.10. The molecule has 8 rings (SSSR count). The molecular formula is C58H79F3N10O8S. The number of rotatable bonds is 20. The minimum absolute atomic E-state index is 0.0249. The maximum atomic E-state index is 15.8. The molecule has 2 aromatic heterocycles. The van der Waals surface area contributed by atoms with Crippen LogP contribution in [-0.2, 0) is 25.7 Å². The topological polar surface area (TPSA) is 204 Å². The van der Waals surface area contributed by atoms with Gasteiger partial charge in [-0.25, -0.2) is 14.4 Å². The summed E-state index contributed by atoms with van der Waals surface area (Å²) in [5.41, 5.74) is 3.06. The van der Waals surface area contributed by atoms with Gasteiger partial charge in [0.25, 0.3) is 11.8 Å². The van der Waals surface area contributed by atoms with Gasteiger partial charge in [0, 0.05) is 82.7 Å². The molecule has 0 bridgehead atoms. The van der Waals surface area contributed by atoms with Gasteiger partial charge < -0.3 is 54.9 Å². The number of amides is 4. The average Bonchev–Trinajstić information content (AvgIpc) is 4.24. The van der Waals surface area contributed by atoms with Crippen LogP contribution in [0.2, 0.25) is 0 Å². The van der Waals surface area contributed by atoms with E-state index in [4.69, 9.17) is 14.2 Å². The lowest BCUT2D eigenvalue weighted by Crippen LogP contribution is -2.48. The molecule has 0 unspecified atom stereocenters. The fourth-order valence-electron chi connectivity index (χ4n) is 10.9. The fraction of sp³-hybridized carbons (Fsp3) is 0.603. The van der Waals surface area contributed by atoms with E-state index in [0.717, 1.165) is 71.6 Å². The van der Waals surface area contributed by atoms with Crippen molar-refractivity contribution in [3.63, 3.8) is 0 Å². The zero-order chi connectivity index (χ0) is 57.9. The Bertz CT molecular complexity index is 2880. The van der Waals surface area contributed by atoms with Crippen molar-refractivity contribution < 1.29 is 51.7 Å². The van der Waals surface area contributed by atoms with Gasteiger partial charge in [-0.05, 0) is 89.8 Å². The van der Waals surface area contributed by atoms with Gasteiger partial charge in [-0.1, -0.05) is 45.7 Å². The smallest absolute Gasteiger partial charge is 0.342 e. The van der Waals surface area contributed by atoms with Crippen molar-refractivity contribution >= 4 is 58.1 Å². The first-order valence-corrected chi connectivity index (χ1v) is 28.7. The SMILES string of the molecule is COc1cc(C(=O)NC2CCN(CCC(C)(C)OCCC(C)(C)Oc3cc(-c4scnc4C)ccc3CNC(=O)[C@@H]3C[C@@H](O)CN3C(=O)CC(C)(C)C)CC2)c(F)cc1Nc1ncc2c(n1)N(C1CCCC1)CC(F)(F)C(=O)N2C. The molecule has 2 aromatic carbocycles. The highest BCUT2D eigenvalue weighted by Crippen LogP contribution is 2.41. The van der Waals surface area contributed by atoms with Crippen LogP contribution < -0.4 is 35.2 Å². The van der Waals surface area contributed by atoms with Crippen LogP contribution in [0.1, 0.15) is 134 Å². The maximum Gasteiger partial charge on any atom is 0.342 e. The van der Waals surface area contributed by atoms with Crippen molar-refractivity contribution in [1.29, 1.82) is 0 Å². The molecule has 18 nitrogen and oxygen atoms in total. The second-order valence-corrected chi connectivity index (χ2v) is 25.1. The Morgan fingerprint density at radius 1 is 0.950 bits per heavy atom. The number of hydrogen-bond donors (Lipinski definition) is 4. The first-order chi connectivity index (χ1) is 37.7. The minimum Gasteiger partial charge on any atom is -0.495 e. The summed E-state index contributed by atoms with van der Waals surface area (Å²) in [6.07, 6.45) is 6.68. The van der Waals surface area contributed by atoms with Gasteiger partial charge >= 0.3 is 5.92 Å². The number of thiazole rings is 1. The third-order valence-electron chi connectivity index (χ3n) is 15.6. The molecular weight excluding hydrogens is 1050 g/mol. The van der Waals surface area contributed by atoms with E-state index >= 15 is 13.2 Å². The Labute approximate surface area is 471 Å². The normalized spacial score (nSPS) is 19.5. The van der Waals surface area contributed by atoms with E-state index in [1.54, 1.807) is 5.51 Å². The zero-order valence-electron chi connectivity index (χ0n) is 47.8. The van der Waals surface area contributed by atoms with E-state index < -0.39 is 53.4 Å². The summed E-state index contributed by atoms with van der Waals surface area (Å²) >= 11 is 1.54. The number of aliphatic hydroxyl groups excluding tert-OH is 1. The van der Waals surface area contributed by atoms with Crippen LogP contribution in [0.15, 0.2) is 42.0 Å². The molecule has 22 heteroatoms. The van der Waals surface area contributed by atoms with Crippen molar-refractivity contribution in [2.24, 2.45) is 5.41 Å². The molecule has 80 heavy (non-hydrogen) atoms. The number of alkyl halides is 2. The van der Waals surface area contributed by atoms with Crippen LogP contribution in [0.25, 0.3) is 10.4 Å². The number of aryl methyl sites for hydroxylation is 1. The number of aromatic nitrogens is 3. The molecule has 2 saturated heterocycles. The molecule has 4 aromatic rings. The summed E-state index contributed by atoms with van der Waals surface area (Å²) in [5, 5.41) is 19.5. The third kappa shape index (κ3) is 14.7. The number of β-amino-alcohol motifs (C(OH)–C–C–N with tert-alkyl or cyclic N) is 1. The number of anilines is 4. The molecule has 4 N–H and O–H groups in total. The second kappa shape index (κ2) is 24.5. The van der Waals surface area contributed by atoms with Crippen LogP contribution in [0.5, 0.6) is 11.5 Å². The number of carbonyl (C=O) groups excluding carboxylic acids is 4. The van der Waals surface area contributed by atoms with E-state index in [-0.39, 0.29) is 89.7 Å². The van der Waals surface area contributed by atoms with Gasteiger partial charge in [0.2, 0.25) is 17.8 Å². The van der Waals surface area contributed by atoms with Gasteiger partial charge in [0.1, 0.15) is 34.6 Å². The number of likely N-dealkylation sites (tertiary alicyclic amines) is 2. The number of nitrogens with one attached hydrogen (secondary N) is 3. The molecule has 3 fully saturated rings. The summed E-state index contributed by atoms with van der Waals surface area (Å²) in [4.78, 5) is 73.7. The van der Waals surface area contributed by atoms with E-state index in [1.807, 2.05) is 59.7 Å². The number of hydrogen-bond acceptors (Lipinski definition) is 15. The Morgan fingerprint density at radius 3 is 2.35 bits per heavy atom. The highest BCUT2D eigenvalue weighted by Gasteiger charge is 2.49. The second-order valence-electron chi connectivity index (χ2n) is 24.2. The summed E-state index contributed by atoms with van der Waals surface area (Å²) in [7, 11) is 2.65. The number of carbonyl (C=O) groups is 4. The van der Waals surface area contributed by atoms with Crippen LogP contribution >= 0.6 is 11.3 Å². The van der Waals surface area contributed by atoms with Gasteiger partial charge in [0.05, 0.1) is 65.5 Å². The number of halogens is 3. The van der Waals surface area contributed by atoms with Crippen LogP contribution in [0.4, 0.5) is 36.3 Å². The van der Waals surface area contributed by atoms with Crippen molar-refractivity contribution in [2.75, 3.05) is 68.6 Å². The first kappa shape index (κ1) is 60.0. The van der Waals surface area contributed by atoms with Crippen LogP contribution in [0, 0.1) is 18.2 Å². The first-order valence-electron chi connectivity index (χ1n) is 27.8. The molecule has 436 valence electrons. The molecule has 3 aliphatic heterocycles. The van der Waals surface area contributed by atoms with Crippen LogP contribution in [-0.4, -0.2) is 148 Å². The Balaban J connectivity index is 0.816. The number of methoxy groups -OCH3 is 1. The summed E-state index contributed by atoms with van der Waals surface area (Å²) in [6, 6.07) is 7.14. The van der Waals surface area contributed by atoms with E-state index in [2.05, 4.69) is 49.6 Å². The van der Waals surface area contributed by atoms with Gasteiger partial charge in [-0.2, -0.15) is 13.8 Å². The Morgan fingerprint density at radius 2 is 1.68 bits per heavy atom. The number of nitrogens with zero attached hydrogens (tertiary/aromatic N) is 7. The predicted octanol–water partition coefficient (Wildman–Crippen LogP) is 8.80. The number of ether oxygens (including phenoxy) is 3. The Kier molecular flexibility index (Phi) is 18.4. The van der Waals surface area contributed by atoms with Gasteiger partial charge in [-0.3, -0.25) is 19.2 Å². The van der Waals surface area contributed by atoms with Crippen LogP contribution in [0.3, 0.4) is 0 Å². The average molecular weight is 1130 g/mol. The summed E-state index contributed by atoms with van der Waals surface area (Å²) in [6.45, 7) is 18.1. The minimum atomic E-state index is -3.64. The largest absolute Gasteiger partial charge is 0.495 e. The molecule has 2 atom stereocenters. The number of aliphatic hydroxyl groups is 1. The molecule has 5 heterocycles. The molecule has 4 amide bonds. The fourth-order valence-corrected chi connectivity index (χ4v) is 11.7. The molecule has 4 aliphatic rings.